The van der Waals surface area contributed by atoms with Crippen LogP contribution in [0.15, 0.2) is 29.3 Å². The first-order valence-corrected chi connectivity index (χ1v) is 11.3. The van der Waals surface area contributed by atoms with Gasteiger partial charge in [0.05, 0.1) is 6.54 Å². The van der Waals surface area contributed by atoms with Gasteiger partial charge in [-0.15, -0.1) is 0 Å². The van der Waals surface area contributed by atoms with Crippen LogP contribution in [0.1, 0.15) is 51.2 Å². The van der Waals surface area contributed by atoms with Crippen LogP contribution in [0.25, 0.3) is 0 Å². The SMILES string of the molecule is CCCN1CCC(NC(=NCC(C)N2CCc3ccccc3C2)NCC)CC1. The molecule has 1 aromatic rings. The predicted octanol–water partition coefficient (Wildman–Crippen LogP) is 2.86. The third-order valence-electron chi connectivity index (χ3n) is 6.11. The smallest absolute Gasteiger partial charge is 0.191 e. The minimum Gasteiger partial charge on any atom is -0.357 e. The lowest BCUT2D eigenvalue weighted by Gasteiger charge is -2.34. The molecule has 5 heteroatoms. The van der Waals surface area contributed by atoms with E-state index in [1.807, 2.05) is 0 Å². The summed E-state index contributed by atoms with van der Waals surface area (Å²) in [4.78, 5) is 10.1. The maximum Gasteiger partial charge on any atom is 0.191 e. The number of nitrogens with one attached hydrogen (secondary N) is 2. The van der Waals surface area contributed by atoms with E-state index in [0.29, 0.717) is 12.1 Å². The topological polar surface area (TPSA) is 42.9 Å². The summed E-state index contributed by atoms with van der Waals surface area (Å²) in [5.41, 5.74) is 2.99. The predicted molar refractivity (Wildman–Crippen MR) is 119 cm³/mol. The van der Waals surface area contributed by atoms with Crippen LogP contribution >= 0.6 is 0 Å². The molecule has 2 aliphatic rings. The Labute approximate surface area is 171 Å². The van der Waals surface area contributed by atoms with Crippen molar-refractivity contribution in [3.05, 3.63) is 35.4 Å². The molecule has 1 unspecified atom stereocenters. The highest BCUT2D eigenvalue weighted by atomic mass is 15.2. The molecule has 156 valence electrons. The van der Waals surface area contributed by atoms with E-state index in [9.17, 15) is 0 Å². The Hall–Kier alpha value is -1.59. The molecule has 1 saturated heterocycles. The van der Waals surface area contributed by atoms with E-state index >= 15 is 0 Å². The molecule has 0 radical (unpaired) electrons. The van der Waals surface area contributed by atoms with Crippen LogP contribution in [0.3, 0.4) is 0 Å². The molecule has 2 aliphatic heterocycles. The number of hydrogen-bond donors (Lipinski definition) is 2. The number of aliphatic imine (C=N–C) groups is 1. The molecule has 0 amide bonds. The maximum atomic E-state index is 4.93. The van der Waals surface area contributed by atoms with Gasteiger partial charge in [0.25, 0.3) is 0 Å². The largest absolute Gasteiger partial charge is 0.357 e. The van der Waals surface area contributed by atoms with Gasteiger partial charge in [0, 0.05) is 44.8 Å². The zero-order chi connectivity index (χ0) is 19.8. The van der Waals surface area contributed by atoms with Gasteiger partial charge in [-0.25, -0.2) is 0 Å². The van der Waals surface area contributed by atoms with E-state index in [4.69, 9.17) is 4.99 Å². The van der Waals surface area contributed by atoms with E-state index in [2.05, 4.69) is 65.5 Å². The lowest BCUT2D eigenvalue weighted by atomic mass is 9.99. The van der Waals surface area contributed by atoms with Crippen molar-refractivity contribution in [2.75, 3.05) is 39.3 Å². The number of hydrogen-bond acceptors (Lipinski definition) is 3. The maximum absolute atomic E-state index is 4.93. The van der Waals surface area contributed by atoms with Gasteiger partial charge in [-0.2, -0.15) is 0 Å². The Bertz CT molecular complexity index is 621. The third kappa shape index (κ3) is 5.95. The number of rotatable bonds is 7. The van der Waals surface area contributed by atoms with Crippen LogP contribution < -0.4 is 10.6 Å². The normalized spacial score (nSPS) is 20.6. The molecule has 2 N–H and O–H groups in total. The van der Waals surface area contributed by atoms with Crippen molar-refractivity contribution in [1.82, 2.24) is 20.4 Å². The van der Waals surface area contributed by atoms with Crippen molar-refractivity contribution in [1.29, 1.82) is 0 Å². The Morgan fingerprint density at radius 1 is 1.14 bits per heavy atom. The van der Waals surface area contributed by atoms with Crippen molar-refractivity contribution < 1.29 is 0 Å². The molecule has 1 fully saturated rings. The Kier molecular flexibility index (Phi) is 8.16. The summed E-state index contributed by atoms with van der Waals surface area (Å²) in [6, 6.07) is 9.86. The lowest BCUT2D eigenvalue weighted by molar-refractivity contribution is 0.195. The molecule has 1 aromatic carbocycles. The second-order valence-corrected chi connectivity index (χ2v) is 8.32. The monoisotopic (exact) mass is 385 g/mol. The van der Waals surface area contributed by atoms with E-state index < -0.39 is 0 Å². The van der Waals surface area contributed by atoms with E-state index in [1.165, 1.54) is 50.0 Å². The Morgan fingerprint density at radius 3 is 2.61 bits per heavy atom. The van der Waals surface area contributed by atoms with Crippen molar-refractivity contribution in [3.63, 3.8) is 0 Å². The average molecular weight is 386 g/mol. The highest BCUT2D eigenvalue weighted by Gasteiger charge is 2.21. The number of nitrogens with zero attached hydrogens (tertiary/aromatic N) is 3. The van der Waals surface area contributed by atoms with Gasteiger partial charge < -0.3 is 15.5 Å². The van der Waals surface area contributed by atoms with Crippen LogP contribution in [0.4, 0.5) is 0 Å². The van der Waals surface area contributed by atoms with E-state index in [0.717, 1.165) is 38.6 Å². The average Bonchev–Trinajstić information content (AvgIpc) is 2.73. The summed E-state index contributed by atoms with van der Waals surface area (Å²) in [7, 11) is 0. The molecule has 0 aromatic heterocycles. The summed E-state index contributed by atoms with van der Waals surface area (Å²) in [6.45, 7) is 14.3. The molecule has 2 heterocycles. The van der Waals surface area contributed by atoms with Crippen molar-refractivity contribution in [2.24, 2.45) is 4.99 Å². The minimum absolute atomic E-state index is 0.454. The number of guanidine groups is 1. The number of benzene rings is 1. The lowest BCUT2D eigenvalue weighted by Crippen LogP contribution is -2.49. The summed E-state index contributed by atoms with van der Waals surface area (Å²) >= 11 is 0. The molecule has 1 atom stereocenters. The fourth-order valence-electron chi connectivity index (χ4n) is 4.36. The van der Waals surface area contributed by atoms with Gasteiger partial charge in [0.2, 0.25) is 0 Å². The molecule has 3 rings (SSSR count). The standard InChI is InChI=1S/C23H39N5/c1-4-13-27-14-11-22(12-15-27)26-23(24-5-2)25-17-19(3)28-16-10-20-8-6-7-9-21(20)18-28/h6-9,19,22H,4-5,10-18H2,1-3H3,(H2,24,25,26). The third-order valence-corrected chi connectivity index (χ3v) is 6.11. The first kappa shape index (κ1) is 21.1. The van der Waals surface area contributed by atoms with Crippen LogP contribution in [-0.4, -0.2) is 67.1 Å². The van der Waals surface area contributed by atoms with Gasteiger partial charge in [-0.1, -0.05) is 31.2 Å². The van der Waals surface area contributed by atoms with Gasteiger partial charge in [-0.3, -0.25) is 9.89 Å². The minimum atomic E-state index is 0.454. The van der Waals surface area contributed by atoms with Crippen LogP contribution in [0, 0.1) is 0 Å². The van der Waals surface area contributed by atoms with Crippen molar-refractivity contribution in [2.45, 2.75) is 65.1 Å². The van der Waals surface area contributed by atoms with E-state index in [1.54, 1.807) is 0 Å². The Balaban J connectivity index is 1.50. The molecule has 5 nitrogen and oxygen atoms in total. The van der Waals surface area contributed by atoms with Gasteiger partial charge in [0.15, 0.2) is 5.96 Å². The highest BCUT2D eigenvalue weighted by molar-refractivity contribution is 5.80. The van der Waals surface area contributed by atoms with Crippen LogP contribution in [0.2, 0.25) is 0 Å². The Morgan fingerprint density at radius 2 is 1.89 bits per heavy atom. The molecular formula is C23H39N5. The summed E-state index contributed by atoms with van der Waals surface area (Å²) in [5, 5.41) is 7.13. The van der Waals surface area contributed by atoms with Crippen molar-refractivity contribution >= 4 is 5.96 Å². The first-order valence-electron chi connectivity index (χ1n) is 11.3. The highest BCUT2D eigenvalue weighted by Crippen LogP contribution is 2.20. The summed E-state index contributed by atoms with van der Waals surface area (Å²) in [5.74, 6) is 0.987. The van der Waals surface area contributed by atoms with Crippen LogP contribution in [0.5, 0.6) is 0 Å². The molecular weight excluding hydrogens is 346 g/mol. The van der Waals surface area contributed by atoms with E-state index in [-0.39, 0.29) is 0 Å². The molecule has 0 saturated carbocycles. The zero-order valence-corrected chi connectivity index (χ0v) is 18.1. The van der Waals surface area contributed by atoms with Crippen molar-refractivity contribution in [3.8, 4) is 0 Å². The van der Waals surface area contributed by atoms with Gasteiger partial charge in [-0.05, 0) is 57.2 Å². The molecule has 28 heavy (non-hydrogen) atoms. The number of likely N-dealkylation sites (tertiary alicyclic amines) is 1. The van der Waals surface area contributed by atoms with Gasteiger partial charge in [0.1, 0.15) is 0 Å². The zero-order valence-electron chi connectivity index (χ0n) is 18.1. The second-order valence-electron chi connectivity index (χ2n) is 8.32. The fraction of sp³-hybridized carbons (Fsp3) is 0.696. The molecule has 0 aliphatic carbocycles. The number of piperidine rings is 1. The first-order chi connectivity index (χ1) is 13.7. The summed E-state index contributed by atoms with van der Waals surface area (Å²) in [6.07, 6.45) is 4.83. The fourth-order valence-corrected chi connectivity index (χ4v) is 4.36. The quantitative estimate of drug-likeness (QED) is 0.559. The number of fused-ring (bicyclic) bond motifs is 1. The molecule has 0 spiro atoms. The summed E-state index contributed by atoms with van der Waals surface area (Å²) < 4.78 is 0. The van der Waals surface area contributed by atoms with Gasteiger partial charge >= 0.3 is 0 Å². The molecule has 0 bridgehead atoms. The van der Waals surface area contributed by atoms with Crippen LogP contribution in [-0.2, 0) is 13.0 Å². The second kappa shape index (κ2) is 10.8.